The summed E-state index contributed by atoms with van der Waals surface area (Å²) in [6, 6.07) is 5.19. The Bertz CT molecular complexity index is 470. The average Bonchev–Trinajstić information content (AvgIpc) is 2.37. The van der Waals surface area contributed by atoms with E-state index in [1.54, 1.807) is 13.2 Å². The molecule has 2 amide bonds. The smallest absolute Gasteiger partial charge is 0.319 e. The summed E-state index contributed by atoms with van der Waals surface area (Å²) in [6.07, 6.45) is 2.53. The number of methoxy groups -OCH3 is 1. The van der Waals surface area contributed by atoms with Gasteiger partial charge in [0.1, 0.15) is 5.75 Å². The van der Waals surface area contributed by atoms with Gasteiger partial charge in [-0.25, -0.2) is 4.79 Å². The molecule has 1 aliphatic rings. The van der Waals surface area contributed by atoms with Crippen molar-refractivity contribution in [3.8, 4) is 5.75 Å². The minimum atomic E-state index is -0.708. The molecule has 1 aromatic rings. The first-order chi connectivity index (χ1) is 9.02. The van der Waals surface area contributed by atoms with Crippen LogP contribution in [0.2, 0.25) is 0 Å². The maximum absolute atomic E-state index is 11.8. The minimum Gasteiger partial charge on any atom is -0.497 e. The molecule has 3 N–H and O–H groups in total. The predicted octanol–water partition coefficient (Wildman–Crippen LogP) is 2.04. The number of carbonyl (C=O) groups is 1. The summed E-state index contributed by atoms with van der Waals surface area (Å²) in [7, 11) is 1.58. The molecule has 1 fully saturated rings. The molecule has 0 radical (unpaired) electrons. The lowest BCUT2D eigenvalue weighted by Gasteiger charge is -2.36. The molecule has 0 bridgehead atoms. The van der Waals surface area contributed by atoms with E-state index in [-0.39, 0.29) is 6.03 Å². The van der Waals surface area contributed by atoms with Gasteiger partial charge in [0.2, 0.25) is 0 Å². The Morgan fingerprint density at radius 2 is 2.21 bits per heavy atom. The van der Waals surface area contributed by atoms with Gasteiger partial charge in [-0.05, 0) is 37.8 Å². The van der Waals surface area contributed by atoms with Crippen molar-refractivity contribution in [1.29, 1.82) is 0 Å². The van der Waals surface area contributed by atoms with Crippen LogP contribution < -0.4 is 15.4 Å². The Labute approximate surface area is 113 Å². The summed E-state index contributed by atoms with van der Waals surface area (Å²) in [5, 5.41) is 15.4. The summed E-state index contributed by atoms with van der Waals surface area (Å²) in [6.45, 7) is 2.20. The number of nitrogens with one attached hydrogen (secondary N) is 2. The van der Waals surface area contributed by atoms with Gasteiger partial charge in [-0.2, -0.15) is 0 Å². The van der Waals surface area contributed by atoms with Crippen molar-refractivity contribution in [3.63, 3.8) is 0 Å². The SMILES string of the molecule is COc1ccc(C)c(NC(=O)NCC2(O)CCC2)c1. The highest BCUT2D eigenvalue weighted by Gasteiger charge is 2.34. The largest absolute Gasteiger partial charge is 0.497 e. The van der Waals surface area contributed by atoms with Crippen molar-refractivity contribution in [2.24, 2.45) is 0 Å². The number of hydrogen-bond acceptors (Lipinski definition) is 3. The van der Waals surface area contributed by atoms with E-state index in [2.05, 4.69) is 10.6 Å². The molecule has 5 heteroatoms. The summed E-state index contributed by atoms with van der Waals surface area (Å²) in [5.74, 6) is 0.693. The third-order valence-electron chi connectivity index (χ3n) is 3.56. The van der Waals surface area contributed by atoms with Crippen molar-refractivity contribution in [3.05, 3.63) is 23.8 Å². The monoisotopic (exact) mass is 264 g/mol. The van der Waals surface area contributed by atoms with Crippen molar-refractivity contribution < 1.29 is 14.6 Å². The molecule has 1 saturated carbocycles. The second-order valence-electron chi connectivity index (χ2n) is 5.07. The number of anilines is 1. The number of benzene rings is 1. The first-order valence-corrected chi connectivity index (χ1v) is 6.44. The molecule has 0 aromatic heterocycles. The van der Waals surface area contributed by atoms with Crippen LogP contribution in [0.25, 0.3) is 0 Å². The molecule has 0 heterocycles. The third-order valence-corrected chi connectivity index (χ3v) is 3.56. The van der Waals surface area contributed by atoms with Crippen LogP contribution in [0.3, 0.4) is 0 Å². The number of aliphatic hydroxyl groups is 1. The van der Waals surface area contributed by atoms with Gasteiger partial charge in [0.25, 0.3) is 0 Å². The number of aryl methyl sites for hydroxylation is 1. The standard InChI is InChI=1S/C14H20N2O3/c1-10-4-5-11(19-2)8-12(10)16-13(17)15-9-14(18)6-3-7-14/h4-5,8,18H,3,6-7,9H2,1-2H3,(H2,15,16,17). The summed E-state index contributed by atoms with van der Waals surface area (Å²) in [5.41, 5.74) is 0.955. The quantitative estimate of drug-likeness (QED) is 0.779. The first kappa shape index (κ1) is 13.7. The van der Waals surface area contributed by atoms with Crippen LogP contribution in [-0.4, -0.2) is 30.4 Å². The fraction of sp³-hybridized carbons (Fsp3) is 0.500. The predicted molar refractivity (Wildman–Crippen MR) is 73.6 cm³/mol. The van der Waals surface area contributed by atoms with Crippen LogP contribution >= 0.6 is 0 Å². The Balaban J connectivity index is 1.91. The topological polar surface area (TPSA) is 70.6 Å². The fourth-order valence-electron chi connectivity index (χ4n) is 2.04. The molecule has 0 unspecified atom stereocenters. The van der Waals surface area contributed by atoms with Gasteiger partial charge < -0.3 is 20.5 Å². The number of carbonyl (C=O) groups excluding carboxylic acids is 1. The number of urea groups is 1. The lowest BCUT2D eigenvalue weighted by Crippen LogP contribution is -2.48. The van der Waals surface area contributed by atoms with E-state index in [9.17, 15) is 9.90 Å². The van der Waals surface area contributed by atoms with Crippen molar-refractivity contribution in [2.75, 3.05) is 19.0 Å². The van der Waals surface area contributed by atoms with E-state index in [0.29, 0.717) is 18.0 Å². The van der Waals surface area contributed by atoms with Crippen LogP contribution in [0.15, 0.2) is 18.2 Å². The van der Waals surface area contributed by atoms with E-state index < -0.39 is 5.60 Å². The van der Waals surface area contributed by atoms with Gasteiger partial charge in [0, 0.05) is 18.3 Å². The van der Waals surface area contributed by atoms with Crippen LogP contribution in [0.1, 0.15) is 24.8 Å². The number of ether oxygens (including phenoxy) is 1. The van der Waals surface area contributed by atoms with Crippen LogP contribution in [0, 0.1) is 6.92 Å². The molecule has 5 nitrogen and oxygen atoms in total. The van der Waals surface area contributed by atoms with Gasteiger partial charge in [-0.15, -0.1) is 0 Å². The fourth-order valence-corrected chi connectivity index (χ4v) is 2.04. The first-order valence-electron chi connectivity index (χ1n) is 6.44. The van der Waals surface area contributed by atoms with E-state index in [1.807, 2.05) is 19.1 Å². The Morgan fingerprint density at radius 3 is 2.79 bits per heavy atom. The molecule has 0 spiro atoms. The van der Waals surface area contributed by atoms with Crippen LogP contribution in [0.4, 0.5) is 10.5 Å². The molecule has 1 aliphatic carbocycles. The van der Waals surface area contributed by atoms with Crippen molar-refractivity contribution in [1.82, 2.24) is 5.32 Å². The minimum absolute atomic E-state index is 0.294. The molecule has 0 atom stereocenters. The lowest BCUT2D eigenvalue weighted by molar-refractivity contribution is -0.0287. The third kappa shape index (κ3) is 3.38. The Kier molecular flexibility index (Phi) is 3.95. The number of rotatable bonds is 4. The highest BCUT2D eigenvalue weighted by molar-refractivity contribution is 5.90. The summed E-state index contributed by atoms with van der Waals surface area (Å²) in [4.78, 5) is 11.8. The van der Waals surface area contributed by atoms with Crippen molar-refractivity contribution >= 4 is 11.7 Å². The van der Waals surface area contributed by atoms with Gasteiger partial charge >= 0.3 is 6.03 Å². The maximum atomic E-state index is 11.8. The molecule has 2 rings (SSSR count). The molecule has 0 aliphatic heterocycles. The van der Waals surface area contributed by atoms with Gasteiger partial charge in [-0.1, -0.05) is 6.07 Å². The van der Waals surface area contributed by atoms with E-state index >= 15 is 0 Å². The Hall–Kier alpha value is -1.75. The zero-order valence-electron chi connectivity index (χ0n) is 11.3. The lowest BCUT2D eigenvalue weighted by atomic mass is 9.80. The normalized spacial score (nSPS) is 16.4. The van der Waals surface area contributed by atoms with E-state index in [4.69, 9.17) is 4.74 Å². The van der Waals surface area contributed by atoms with Crippen molar-refractivity contribution in [2.45, 2.75) is 31.8 Å². The van der Waals surface area contributed by atoms with Crippen LogP contribution in [0.5, 0.6) is 5.75 Å². The molecule has 0 saturated heterocycles. The second-order valence-corrected chi connectivity index (χ2v) is 5.07. The van der Waals surface area contributed by atoms with Gasteiger partial charge in [0.15, 0.2) is 0 Å². The molecule has 1 aromatic carbocycles. The number of amides is 2. The zero-order valence-corrected chi connectivity index (χ0v) is 11.3. The molecule has 19 heavy (non-hydrogen) atoms. The highest BCUT2D eigenvalue weighted by Crippen LogP contribution is 2.30. The van der Waals surface area contributed by atoms with Gasteiger partial charge in [0.05, 0.1) is 12.7 Å². The average molecular weight is 264 g/mol. The molecular formula is C14H20N2O3. The van der Waals surface area contributed by atoms with E-state index in [0.717, 1.165) is 24.8 Å². The van der Waals surface area contributed by atoms with Gasteiger partial charge in [-0.3, -0.25) is 0 Å². The highest BCUT2D eigenvalue weighted by atomic mass is 16.5. The molecule has 104 valence electrons. The molecular weight excluding hydrogens is 244 g/mol. The summed E-state index contributed by atoms with van der Waals surface area (Å²) < 4.78 is 5.12. The summed E-state index contributed by atoms with van der Waals surface area (Å²) >= 11 is 0. The Morgan fingerprint density at radius 1 is 1.47 bits per heavy atom. The maximum Gasteiger partial charge on any atom is 0.319 e. The number of hydrogen-bond donors (Lipinski definition) is 3. The second kappa shape index (κ2) is 5.48. The van der Waals surface area contributed by atoms with Crippen LogP contribution in [-0.2, 0) is 0 Å². The zero-order chi connectivity index (χ0) is 13.9. The van der Waals surface area contributed by atoms with E-state index in [1.165, 1.54) is 0 Å².